The van der Waals surface area contributed by atoms with E-state index in [1.165, 1.54) is 4.88 Å². The number of aliphatic hydroxyl groups is 1. The Morgan fingerprint density at radius 1 is 1.42 bits per heavy atom. The number of nitrogens with zero attached hydrogens (tertiary/aromatic N) is 2. The summed E-state index contributed by atoms with van der Waals surface area (Å²) in [5, 5.41) is 11.7. The van der Waals surface area contributed by atoms with Crippen molar-refractivity contribution in [2.45, 2.75) is 40.2 Å². The average molecular weight is 346 g/mol. The van der Waals surface area contributed by atoms with Crippen molar-refractivity contribution in [1.82, 2.24) is 9.47 Å². The van der Waals surface area contributed by atoms with E-state index in [-0.39, 0.29) is 17.9 Å². The molecular weight excluding hydrogens is 320 g/mol. The summed E-state index contributed by atoms with van der Waals surface area (Å²) in [6.07, 6.45) is 1.93. The van der Waals surface area contributed by atoms with Crippen molar-refractivity contribution in [2.75, 3.05) is 19.7 Å². The first kappa shape index (κ1) is 17.2. The van der Waals surface area contributed by atoms with Gasteiger partial charge in [0.1, 0.15) is 0 Å². The SMILES string of the molecule is Cc1cc(C(=O)N2CCCC(C)(CO)C2)c(C)n1Cc1cccs1. The zero-order chi connectivity index (χ0) is 17.3. The lowest BCUT2D eigenvalue weighted by Gasteiger charge is -2.39. The fraction of sp³-hybridized carbons (Fsp3) is 0.526. The van der Waals surface area contributed by atoms with Crippen molar-refractivity contribution in [3.63, 3.8) is 0 Å². The predicted octanol–water partition coefficient (Wildman–Crippen LogP) is 3.45. The molecule has 130 valence electrons. The first-order chi connectivity index (χ1) is 11.4. The number of carbonyl (C=O) groups excluding carboxylic acids is 1. The van der Waals surface area contributed by atoms with Crippen molar-refractivity contribution in [3.8, 4) is 0 Å². The number of aromatic nitrogens is 1. The van der Waals surface area contributed by atoms with Crippen LogP contribution >= 0.6 is 11.3 Å². The van der Waals surface area contributed by atoms with Crippen molar-refractivity contribution < 1.29 is 9.90 Å². The molecule has 1 aliphatic rings. The van der Waals surface area contributed by atoms with Gasteiger partial charge in [-0.25, -0.2) is 0 Å². The minimum absolute atomic E-state index is 0.0971. The van der Waals surface area contributed by atoms with E-state index in [9.17, 15) is 9.90 Å². The Morgan fingerprint density at radius 2 is 2.21 bits per heavy atom. The van der Waals surface area contributed by atoms with Crippen LogP contribution in [-0.2, 0) is 6.54 Å². The molecule has 0 bridgehead atoms. The summed E-state index contributed by atoms with van der Waals surface area (Å²) in [5.41, 5.74) is 2.77. The molecule has 4 nitrogen and oxygen atoms in total. The average Bonchev–Trinajstić information content (AvgIpc) is 3.18. The monoisotopic (exact) mass is 346 g/mol. The molecule has 1 unspecified atom stereocenters. The molecule has 0 aromatic carbocycles. The lowest BCUT2D eigenvalue weighted by Crippen LogP contribution is -2.46. The Bertz CT molecular complexity index is 720. The third kappa shape index (κ3) is 3.28. The van der Waals surface area contributed by atoms with Gasteiger partial charge >= 0.3 is 0 Å². The summed E-state index contributed by atoms with van der Waals surface area (Å²) >= 11 is 1.74. The van der Waals surface area contributed by atoms with E-state index in [2.05, 4.69) is 35.9 Å². The molecule has 1 N–H and O–H groups in total. The van der Waals surface area contributed by atoms with Crippen LogP contribution in [0.3, 0.4) is 0 Å². The Balaban J connectivity index is 1.83. The van der Waals surface area contributed by atoms with Crippen LogP contribution in [0.15, 0.2) is 23.6 Å². The second-order valence-corrected chi connectivity index (χ2v) is 8.28. The number of aryl methyl sites for hydroxylation is 1. The molecular formula is C19H26N2O2S. The number of aliphatic hydroxyl groups excluding tert-OH is 1. The van der Waals surface area contributed by atoms with Gasteiger partial charge < -0.3 is 14.6 Å². The van der Waals surface area contributed by atoms with Crippen LogP contribution in [0.4, 0.5) is 0 Å². The number of piperidine rings is 1. The molecule has 0 aliphatic carbocycles. The maximum absolute atomic E-state index is 13.0. The van der Waals surface area contributed by atoms with Crippen LogP contribution in [0.2, 0.25) is 0 Å². The molecule has 1 amide bonds. The predicted molar refractivity (Wildman–Crippen MR) is 97.7 cm³/mol. The number of hydrogen-bond donors (Lipinski definition) is 1. The Labute approximate surface area is 147 Å². The second-order valence-electron chi connectivity index (χ2n) is 7.25. The fourth-order valence-electron chi connectivity index (χ4n) is 3.61. The molecule has 0 saturated carbocycles. The van der Waals surface area contributed by atoms with Crippen molar-refractivity contribution in [2.24, 2.45) is 5.41 Å². The van der Waals surface area contributed by atoms with Gasteiger partial charge in [-0.15, -0.1) is 11.3 Å². The van der Waals surface area contributed by atoms with Crippen LogP contribution in [0.25, 0.3) is 0 Å². The topological polar surface area (TPSA) is 45.5 Å². The molecule has 0 spiro atoms. The normalized spacial score (nSPS) is 21.2. The van der Waals surface area contributed by atoms with Crippen LogP contribution < -0.4 is 0 Å². The number of amides is 1. The van der Waals surface area contributed by atoms with Crippen LogP contribution in [0, 0.1) is 19.3 Å². The molecule has 2 aromatic heterocycles. The molecule has 0 radical (unpaired) electrons. The summed E-state index contributed by atoms with van der Waals surface area (Å²) in [7, 11) is 0. The Morgan fingerprint density at radius 3 is 2.88 bits per heavy atom. The van der Waals surface area contributed by atoms with E-state index in [1.54, 1.807) is 11.3 Å². The highest BCUT2D eigenvalue weighted by Gasteiger charge is 2.33. The van der Waals surface area contributed by atoms with Gasteiger partial charge in [-0.05, 0) is 44.2 Å². The highest BCUT2D eigenvalue weighted by Crippen LogP contribution is 2.30. The van der Waals surface area contributed by atoms with E-state index in [0.717, 1.165) is 42.9 Å². The molecule has 1 aliphatic heterocycles. The number of hydrogen-bond acceptors (Lipinski definition) is 3. The van der Waals surface area contributed by atoms with Gasteiger partial charge in [0.15, 0.2) is 0 Å². The van der Waals surface area contributed by atoms with E-state index < -0.39 is 0 Å². The first-order valence-corrected chi connectivity index (χ1v) is 9.41. The molecule has 24 heavy (non-hydrogen) atoms. The zero-order valence-corrected chi connectivity index (χ0v) is 15.5. The smallest absolute Gasteiger partial charge is 0.255 e. The van der Waals surface area contributed by atoms with Gasteiger partial charge in [0.25, 0.3) is 5.91 Å². The summed E-state index contributed by atoms with van der Waals surface area (Å²) in [5.74, 6) is 0.0971. The van der Waals surface area contributed by atoms with Gasteiger partial charge in [0, 0.05) is 34.8 Å². The quantitative estimate of drug-likeness (QED) is 0.922. The number of carbonyl (C=O) groups is 1. The van der Waals surface area contributed by atoms with Gasteiger partial charge in [-0.2, -0.15) is 0 Å². The number of likely N-dealkylation sites (tertiary alicyclic amines) is 1. The van der Waals surface area contributed by atoms with E-state index in [1.807, 2.05) is 17.9 Å². The third-order valence-corrected chi connectivity index (χ3v) is 6.01. The number of rotatable bonds is 4. The largest absolute Gasteiger partial charge is 0.396 e. The van der Waals surface area contributed by atoms with Gasteiger partial charge in [-0.3, -0.25) is 4.79 Å². The zero-order valence-electron chi connectivity index (χ0n) is 14.7. The molecule has 1 atom stereocenters. The molecule has 2 aromatic rings. The highest BCUT2D eigenvalue weighted by atomic mass is 32.1. The van der Waals surface area contributed by atoms with Crippen LogP contribution in [0.1, 0.15) is 46.4 Å². The molecule has 1 saturated heterocycles. The van der Waals surface area contributed by atoms with E-state index in [0.29, 0.717) is 6.54 Å². The summed E-state index contributed by atoms with van der Waals surface area (Å²) in [6.45, 7) is 8.52. The van der Waals surface area contributed by atoms with Gasteiger partial charge in [0.2, 0.25) is 0 Å². The first-order valence-electron chi connectivity index (χ1n) is 8.53. The summed E-state index contributed by atoms with van der Waals surface area (Å²) in [6, 6.07) is 6.20. The number of thiophene rings is 1. The van der Waals surface area contributed by atoms with Crippen molar-refractivity contribution in [1.29, 1.82) is 0 Å². The lowest BCUT2D eigenvalue weighted by atomic mass is 9.82. The van der Waals surface area contributed by atoms with Crippen molar-refractivity contribution in [3.05, 3.63) is 45.4 Å². The van der Waals surface area contributed by atoms with Crippen LogP contribution in [0.5, 0.6) is 0 Å². The molecule has 3 heterocycles. The Kier molecular flexibility index (Phi) is 4.83. The maximum atomic E-state index is 13.0. The second kappa shape index (κ2) is 6.73. The lowest BCUT2D eigenvalue weighted by molar-refractivity contribution is 0.0357. The molecule has 3 rings (SSSR count). The maximum Gasteiger partial charge on any atom is 0.255 e. The fourth-order valence-corrected chi connectivity index (χ4v) is 4.30. The van der Waals surface area contributed by atoms with Crippen molar-refractivity contribution >= 4 is 17.2 Å². The van der Waals surface area contributed by atoms with E-state index >= 15 is 0 Å². The molecule has 1 fully saturated rings. The standard InChI is InChI=1S/C19H26N2O2S/c1-14-10-17(15(2)21(14)11-16-6-4-9-24-16)18(23)20-8-5-7-19(3,12-20)13-22/h4,6,9-10,22H,5,7-8,11-13H2,1-3H3. The summed E-state index contributed by atoms with van der Waals surface area (Å²) < 4.78 is 2.22. The summed E-state index contributed by atoms with van der Waals surface area (Å²) in [4.78, 5) is 16.2. The van der Waals surface area contributed by atoms with Crippen LogP contribution in [-0.4, -0.2) is 40.2 Å². The third-order valence-electron chi connectivity index (χ3n) is 5.15. The molecule has 5 heteroatoms. The van der Waals surface area contributed by atoms with Gasteiger partial charge in [0.05, 0.1) is 18.7 Å². The minimum atomic E-state index is -0.170. The highest BCUT2D eigenvalue weighted by molar-refractivity contribution is 7.09. The minimum Gasteiger partial charge on any atom is -0.396 e. The van der Waals surface area contributed by atoms with E-state index in [4.69, 9.17) is 0 Å². The Hall–Kier alpha value is -1.59. The van der Waals surface area contributed by atoms with Gasteiger partial charge in [-0.1, -0.05) is 13.0 Å².